The lowest BCUT2D eigenvalue weighted by atomic mass is 9.90. The smallest absolute Gasteiger partial charge is 0.240 e. The van der Waals surface area contributed by atoms with Gasteiger partial charge in [-0.15, -0.1) is 0 Å². The Morgan fingerprint density at radius 2 is 1.43 bits per heavy atom. The summed E-state index contributed by atoms with van der Waals surface area (Å²) in [6.07, 6.45) is 0. The van der Waals surface area contributed by atoms with E-state index in [0.29, 0.717) is 12.3 Å². The molecule has 0 aliphatic carbocycles. The summed E-state index contributed by atoms with van der Waals surface area (Å²) in [4.78, 5) is 37.6. The molecule has 0 spiro atoms. The lowest BCUT2D eigenvalue weighted by molar-refractivity contribution is -0.120. The number of aliphatic imine (C=N–C) groups is 1. The molecule has 2 amide bonds. The Labute approximate surface area is 247 Å². The van der Waals surface area contributed by atoms with Crippen molar-refractivity contribution in [1.29, 1.82) is 0 Å². The predicted octanol–water partition coefficient (Wildman–Crippen LogP) is 5.32. The van der Waals surface area contributed by atoms with Gasteiger partial charge in [0.05, 0.1) is 17.9 Å². The van der Waals surface area contributed by atoms with Gasteiger partial charge < -0.3 is 10.2 Å². The molecule has 0 saturated carbocycles. The van der Waals surface area contributed by atoms with Gasteiger partial charge in [0.1, 0.15) is 5.92 Å². The summed E-state index contributed by atoms with van der Waals surface area (Å²) in [5.74, 6) is -0.519. The minimum absolute atomic E-state index is 0.0620. The van der Waals surface area contributed by atoms with Gasteiger partial charge >= 0.3 is 0 Å². The Bertz CT molecular complexity index is 1560. The molecule has 2 aliphatic heterocycles. The number of likely N-dealkylation sites (N-methyl/N-ethyl adjacent to an activating group) is 1. The molecular weight excluding hydrogens is 522 g/mol. The molecule has 2 heterocycles. The summed E-state index contributed by atoms with van der Waals surface area (Å²) in [6, 6.07) is 35.8. The van der Waals surface area contributed by atoms with Gasteiger partial charge in [-0.05, 0) is 47.0 Å². The van der Waals surface area contributed by atoms with Gasteiger partial charge in [0.2, 0.25) is 11.8 Å². The second-order valence-corrected chi connectivity index (χ2v) is 10.9. The standard InChI is InChI=1S/C35H35N5O2/c1-38(32(41)25-40-22-20-39(21-23-40)24-26-10-4-2-5-11-26)29-18-16-28(17-19-29)36-34(27-12-6-3-7-13-27)33-30-14-8-9-15-31(30)37-35(33)42/h2-19,33H,20-25H2,1H3,(H,37,42). The fourth-order valence-electron chi connectivity index (χ4n) is 5.66. The van der Waals surface area contributed by atoms with Crippen molar-refractivity contribution >= 4 is 34.6 Å². The number of amides is 2. The van der Waals surface area contributed by atoms with Gasteiger partial charge in [0.25, 0.3) is 0 Å². The van der Waals surface area contributed by atoms with E-state index in [1.807, 2.05) is 92.0 Å². The van der Waals surface area contributed by atoms with E-state index in [1.165, 1.54) is 5.56 Å². The number of anilines is 2. The van der Waals surface area contributed by atoms with Crippen LogP contribution < -0.4 is 10.2 Å². The van der Waals surface area contributed by atoms with Crippen LogP contribution in [-0.2, 0) is 16.1 Å². The SMILES string of the molecule is CN(C(=O)CN1CCN(Cc2ccccc2)CC1)c1ccc(N=C(c2ccccc2)C2C(=O)Nc3ccccc32)cc1. The normalized spacial score (nSPS) is 17.5. The molecule has 4 aromatic rings. The average Bonchev–Trinajstić information content (AvgIpc) is 3.37. The maximum Gasteiger partial charge on any atom is 0.240 e. The van der Waals surface area contributed by atoms with Crippen LogP contribution in [0.3, 0.4) is 0 Å². The molecule has 1 atom stereocenters. The fourth-order valence-corrected chi connectivity index (χ4v) is 5.66. The molecule has 7 nitrogen and oxygen atoms in total. The Balaban J connectivity index is 1.12. The zero-order chi connectivity index (χ0) is 28.9. The summed E-state index contributed by atoms with van der Waals surface area (Å²) >= 11 is 0. The van der Waals surface area contributed by atoms with Crippen molar-refractivity contribution in [3.8, 4) is 0 Å². The van der Waals surface area contributed by atoms with Crippen LogP contribution in [0.4, 0.5) is 17.1 Å². The largest absolute Gasteiger partial charge is 0.325 e. The number of carbonyl (C=O) groups is 2. The Morgan fingerprint density at radius 1 is 0.810 bits per heavy atom. The lowest BCUT2D eigenvalue weighted by Gasteiger charge is -2.35. The molecule has 4 aromatic carbocycles. The highest BCUT2D eigenvalue weighted by atomic mass is 16.2. The molecule has 2 aliphatic rings. The number of piperazine rings is 1. The molecule has 6 rings (SSSR count). The molecule has 7 heteroatoms. The van der Waals surface area contributed by atoms with Crippen LogP contribution in [0.2, 0.25) is 0 Å². The molecule has 1 fully saturated rings. The number of nitrogens with zero attached hydrogens (tertiary/aromatic N) is 4. The van der Waals surface area contributed by atoms with E-state index in [-0.39, 0.29) is 11.8 Å². The van der Waals surface area contributed by atoms with Crippen molar-refractivity contribution in [2.75, 3.05) is 50.0 Å². The number of hydrogen-bond acceptors (Lipinski definition) is 5. The minimum Gasteiger partial charge on any atom is -0.325 e. The second kappa shape index (κ2) is 12.5. The topological polar surface area (TPSA) is 68.2 Å². The van der Waals surface area contributed by atoms with E-state index < -0.39 is 5.92 Å². The van der Waals surface area contributed by atoms with Crippen LogP contribution in [0.15, 0.2) is 114 Å². The van der Waals surface area contributed by atoms with E-state index in [0.717, 1.165) is 60.9 Å². The van der Waals surface area contributed by atoms with Gasteiger partial charge in [-0.25, -0.2) is 0 Å². The maximum absolute atomic E-state index is 13.2. The van der Waals surface area contributed by atoms with E-state index in [2.05, 4.69) is 39.4 Å². The van der Waals surface area contributed by atoms with Crippen molar-refractivity contribution < 1.29 is 9.59 Å². The summed E-state index contributed by atoms with van der Waals surface area (Å²) in [5, 5.41) is 3.00. The quantitative estimate of drug-likeness (QED) is 0.298. The second-order valence-electron chi connectivity index (χ2n) is 10.9. The number of benzene rings is 4. The maximum atomic E-state index is 13.2. The Hall–Kier alpha value is -4.59. The van der Waals surface area contributed by atoms with Crippen molar-refractivity contribution in [3.05, 3.63) is 126 Å². The van der Waals surface area contributed by atoms with Crippen molar-refractivity contribution in [3.63, 3.8) is 0 Å². The van der Waals surface area contributed by atoms with Gasteiger partial charge in [0, 0.05) is 51.1 Å². The van der Waals surface area contributed by atoms with Crippen molar-refractivity contribution in [2.24, 2.45) is 4.99 Å². The highest BCUT2D eigenvalue weighted by molar-refractivity contribution is 6.24. The molecule has 1 unspecified atom stereocenters. The lowest BCUT2D eigenvalue weighted by Crippen LogP contribution is -2.49. The minimum atomic E-state index is -0.499. The van der Waals surface area contributed by atoms with Crippen LogP contribution in [0.25, 0.3) is 0 Å². The summed E-state index contributed by atoms with van der Waals surface area (Å²) < 4.78 is 0. The van der Waals surface area contributed by atoms with Gasteiger partial charge in [-0.3, -0.25) is 24.4 Å². The first-order valence-corrected chi connectivity index (χ1v) is 14.4. The fraction of sp³-hybridized carbons (Fsp3) is 0.229. The van der Waals surface area contributed by atoms with Crippen LogP contribution in [-0.4, -0.2) is 67.1 Å². The third kappa shape index (κ3) is 6.17. The number of nitrogens with one attached hydrogen (secondary N) is 1. The molecule has 0 bridgehead atoms. The van der Waals surface area contributed by atoms with E-state index >= 15 is 0 Å². The van der Waals surface area contributed by atoms with Gasteiger partial charge in [-0.2, -0.15) is 0 Å². The van der Waals surface area contributed by atoms with Crippen LogP contribution in [0, 0.1) is 0 Å². The van der Waals surface area contributed by atoms with Gasteiger partial charge in [-0.1, -0.05) is 78.9 Å². The first-order valence-electron chi connectivity index (χ1n) is 14.4. The van der Waals surface area contributed by atoms with Crippen molar-refractivity contribution in [2.45, 2.75) is 12.5 Å². The third-order valence-electron chi connectivity index (χ3n) is 8.07. The zero-order valence-corrected chi connectivity index (χ0v) is 23.8. The molecule has 1 saturated heterocycles. The number of hydrogen-bond donors (Lipinski definition) is 1. The first kappa shape index (κ1) is 27.6. The highest BCUT2D eigenvalue weighted by Gasteiger charge is 2.35. The van der Waals surface area contributed by atoms with E-state index in [4.69, 9.17) is 4.99 Å². The zero-order valence-electron chi connectivity index (χ0n) is 23.8. The summed E-state index contributed by atoms with van der Waals surface area (Å²) in [5.41, 5.74) is 6.20. The van der Waals surface area contributed by atoms with E-state index in [9.17, 15) is 9.59 Å². The van der Waals surface area contributed by atoms with Crippen LogP contribution in [0.1, 0.15) is 22.6 Å². The highest BCUT2D eigenvalue weighted by Crippen LogP contribution is 2.36. The van der Waals surface area contributed by atoms with Crippen LogP contribution in [0.5, 0.6) is 0 Å². The molecule has 0 aromatic heterocycles. The Morgan fingerprint density at radius 3 is 2.14 bits per heavy atom. The number of rotatable bonds is 8. The molecular formula is C35H35N5O2. The monoisotopic (exact) mass is 557 g/mol. The molecule has 0 radical (unpaired) electrons. The Kier molecular flexibility index (Phi) is 8.21. The number of carbonyl (C=O) groups excluding carboxylic acids is 2. The third-order valence-corrected chi connectivity index (χ3v) is 8.07. The molecule has 212 valence electrons. The predicted molar refractivity (Wildman–Crippen MR) is 168 cm³/mol. The molecule has 42 heavy (non-hydrogen) atoms. The summed E-state index contributed by atoms with van der Waals surface area (Å²) in [7, 11) is 1.82. The van der Waals surface area contributed by atoms with Crippen molar-refractivity contribution in [1.82, 2.24) is 9.80 Å². The average molecular weight is 558 g/mol. The van der Waals surface area contributed by atoms with Crippen LogP contribution >= 0.6 is 0 Å². The summed E-state index contributed by atoms with van der Waals surface area (Å²) in [6.45, 7) is 4.99. The van der Waals surface area contributed by atoms with E-state index in [1.54, 1.807) is 4.90 Å². The number of fused-ring (bicyclic) bond motifs is 1. The van der Waals surface area contributed by atoms with Gasteiger partial charge in [0.15, 0.2) is 0 Å². The first-order chi connectivity index (χ1) is 20.5. The number of para-hydroxylation sites is 1. The molecule has 1 N–H and O–H groups in total.